The average molecular weight is 391 g/mol. The summed E-state index contributed by atoms with van der Waals surface area (Å²) in [6, 6.07) is 9.43. The molecule has 2 rings (SSSR count). The minimum atomic E-state index is -0.834. The van der Waals surface area contributed by atoms with Crippen LogP contribution in [0.15, 0.2) is 35.7 Å². The Labute approximate surface area is 163 Å². The summed E-state index contributed by atoms with van der Waals surface area (Å²) < 4.78 is 15.6. The van der Waals surface area contributed by atoms with Gasteiger partial charge in [-0.1, -0.05) is 12.1 Å². The van der Waals surface area contributed by atoms with Gasteiger partial charge in [0.05, 0.1) is 14.2 Å². The molecular formula is C20H25NO5S. The van der Waals surface area contributed by atoms with Crippen molar-refractivity contribution >= 4 is 23.2 Å². The number of methoxy groups -OCH3 is 2. The molecule has 1 aromatic heterocycles. The standard InChI is InChI=1S/C20H25NO5S/c1-14(26-19(22)8-4-6-16-7-5-11-27-16)20(23)21-13-15-9-10-17(24-2)18(12-15)25-3/h5,7,9-12,14H,4,6,8,13H2,1-3H3,(H,21,23)/t14-/m0/s1. The van der Waals surface area contributed by atoms with Crippen LogP contribution in [0.2, 0.25) is 0 Å². The highest BCUT2D eigenvalue weighted by molar-refractivity contribution is 7.09. The zero-order chi connectivity index (χ0) is 19.6. The SMILES string of the molecule is COc1ccc(CNC(=O)[C@H](C)OC(=O)CCCc2cccs2)cc1OC. The number of thiophene rings is 1. The number of hydrogen-bond acceptors (Lipinski definition) is 6. The highest BCUT2D eigenvalue weighted by atomic mass is 32.1. The molecule has 6 nitrogen and oxygen atoms in total. The monoisotopic (exact) mass is 391 g/mol. The van der Waals surface area contributed by atoms with E-state index >= 15 is 0 Å². The number of esters is 1. The van der Waals surface area contributed by atoms with E-state index in [-0.39, 0.29) is 11.9 Å². The van der Waals surface area contributed by atoms with Crippen molar-refractivity contribution in [3.05, 3.63) is 46.2 Å². The summed E-state index contributed by atoms with van der Waals surface area (Å²) in [6.07, 6.45) is 1.01. The van der Waals surface area contributed by atoms with E-state index in [4.69, 9.17) is 14.2 Å². The Morgan fingerprint density at radius 1 is 1.15 bits per heavy atom. The van der Waals surface area contributed by atoms with Gasteiger partial charge in [-0.05, 0) is 48.9 Å². The molecule has 0 saturated carbocycles. The molecule has 27 heavy (non-hydrogen) atoms. The fourth-order valence-corrected chi connectivity index (χ4v) is 3.25. The van der Waals surface area contributed by atoms with E-state index in [9.17, 15) is 9.59 Å². The summed E-state index contributed by atoms with van der Waals surface area (Å²) >= 11 is 1.67. The number of rotatable bonds is 10. The quantitative estimate of drug-likeness (QED) is 0.629. The molecule has 0 saturated heterocycles. The fourth-order valence-electron chi connectivity index (χ4n) is 2.49. The molecule has 2 aromatic rings. The van der Waals surface area contributed by atoms with Crippen molar-refractivity contribution in [2.24, 2.45) is 0 Å². The summed E-state index contributed by atoms with van der Waals surface area (Å²) in [6.45, 7) is 1.88. The van der Waals surface area contributed by atoms with Crippen molar-refractivity contribution in [2.45, 2.75) is 38.8 Å². The second kappa shape index (κ2) is 10.6. The summed E-state index contributed by atoms with van der Waals surface area (Å²) in [7, 11) is 3.12. The third kappa shape index (κ3) is 6.60. The maximum Gasteiger partial charge on any atom is 0.306 e. The number of benzene rings is 1. The molecule has 1 N–H and O–H groups in total. The van der Waals surface area contributed by atoms with Crippen LogP contribution in [0.1, 0.15) is 30.2 Å². The zero-order valence-corrected chi connectivity index (χ0v) is 16.6. The first kappa shape index (κ1) is 20.8. The first-order valence-electron chi connectivity index (χ1n) is 8.74. The predicted molar refractivity (Wildman–Crippen MR) is 104 cm³/mol. The van der Waals surface area contributed by atoms with Gasteiger partial charge in [-0.3, -0.25) is 9.59 Å². The van der Waals surface area contributed by atoms with Crippen molar-refractivity contribution in [1.29, 1.82) is 0 Å². The number of aryl methyl sites for hydroxylation is 1. The molecule has 1 amide bonds. The Morgan fingerprint density at radius 2 is 1.93 bits per heavy atom. The molecule has 0 radical (unpaired) electrons. The number of amides is 1. The molecule has 0 aliphatic heterocycles. The number of nitrogens with one attached hydrogen (secondary N) is 1. The van der Waals surface area contributed by atoms with Gasteiger partial charge in [-0.25, -0.2) is 0 Å². The van der Waals surface area contributed by atoms with Crippen molar-refractivity contribution in [2.75, 3.05) is 14.2 Å². The molecule has 0 fully saturated rings. The Kier molecular flexibility index (Phi) is 8.13. The largest absolute Gasteiger partial charge is 0.493 e. The van der Waals surface area contributed by atoms with Gasteiger partial charge in [-0.2, -0.15) is 0 Å². The van der Waals surface area contributed by atoms with Gasteiger partial charge in [0, 0.05) is 17.8 Å². The molecule has 0 aliphatic rings. The Balaban J connectivity index is 1.73. The van der Waals surface area contributed by atoms with Crippen LogP contribution < -0.4 is 14.8 Å². The summed E-state index contributed by atoms with van der Waals surface area (Å²) in [4.78, 5) is 25.3. The molecule has 0 aliphatic carbocycles. The maximum absolute atomic E-state index is 12.1. The van der Waals surface area contributed by atoms with E-state index in [1.807, 2.05) is 23.6 Å². The van der Waals surface area contributed by atoms with Crippen LogP contribution in [0.25, 0.3) is 0 Å². The van der Waals surface area contributed by atoms with Crippen LogP contribution >= 0.6 is 11.3 Å². The van der Waals surface area contributed by atoms with Gasteiger partial charge in [-0.15, -0.1) is 11.3 Å². The third-order valence-electron chi connectivity index (χ3n) is 3.98. The van der Waals surface area contributed by atoms with Gasteiger partial charge >= 0.3 is 5.97 Å². The van der Waals surface area contributed by atoms with Gasteiger partial charge in [0.15, 0.2) is 17.6 Å². The van der Waals surface area contributed by atoms with Crippen LogP contribution in [0, 0.1) is 0 Å². The van der Waals surface area contributed by atoms with E-state index in [0.29, 0.717) is 30.9 Å². The Hall–Kier alpha value is -2.54. The molecule has 7 heteroatoms. The Bertz CT molecular complexity index is 745. The summed E-state index contributed by atoms with van der Waals surface area (Å²) in [5.41, 5.74) is 0.857. The van der Waals surface area contributed by atoms with Crippen molar-refractivity contribution < 1.29 is 23.8 Å². The fraction of sp³-hybridized carbons (Fsp3) is 0.400. The molecule has 1 heterocycles. The predicted octanol–water partition coefficient (Wildman–Crippen LogP) is 3.34. The summed E-state index contributed by atoms with van der Waals surface area (Å²) in [5.74, 6) is 0.517. The molecule has 0 spiro atoms. The normalized spacial score (nSPS) is 11.5. The lowest BCUT2D eigenvalue weighted by Crippen LogP contribution is -2.35. The smallest absolute Gasteiger partial charge is 0.306 e. The van der Waals surface area contributed by atoms with Crippen molar-refractivity contribution in [1.82, 2.24) is 5.32 Å². The second-order valence-corrected chi connectivity index (χ2v) is 7.00. The maximum atomic E-state index is 12.1. The Morgan fingerprint density at radius 3 is 2.59 bits per heavy atom. The van der Waals surface area contributed by atoms with Crippen LogP contribution in [0.5, 0.6) is 11.5 Å². The molecule has 0 unspecified atom stereocenters. The lowest BCUT2D eigenvalue weighted by atomic mass is 10.2. The third-order valence-corrected chi connectivity index (χ3v) is 4.91. The lowest BCUT2D eigenvalue weighted by molar-refractivity contribution is -0.154. The van der Waals surface area contributed by atoms with Crippen molar-refractivity contribution in [3.8, 4) is 11.5 Å². The van der Waals surface area contributed by atoms with Gasteiger partial charge < -0.3 is 19.5 Å². The van der Waals surface area contributed by atoms with E-state index in [0.717, 1.165) is 12.0 Å². The van der Waals surface area contributed by atoms with Crippen LogP contribution in [0.4, 0.5) is 0 Å². The molecular weight excluding hydrogens is 366 g/mol. The van der Waals surface area contributed by atoms with Gasteiger partial charge in [0.25, 0.3) is 5.91 Å². The molecule has 1 aromatic carbocycles. The van der Waals surface area contributed by atoms with E-state index in [2.05, 4.69) is 5.32 Å². The highest BCUT2D eigenvalue weighted by Gasteiger charge is 2.17. The summed E-state index contributed by atoms with van der Waals surface area (Å²) in [5, 5.41) is 4.77. The number of ether oxygens (including phenoxy) is 3. The van der Waals surface area contributed by atoms with Gasteiger partial charge in [0.2, 0.25) is 0 Å². The number of hydrogen-bond donors (Lipinski definition) is 1. The molecule has 146 valence electrons. The van der Waals surface area contributed by atoms with E-state index < -0.39 is 6.10 Å². The topological polar surface area (TPSA) is 73.9 Å². The number of carbonyl (C=O) groups is 2. The minimum Gasteiger partial charge on any atom is -0.493 e. The van der Waals surface area contributed by atoms with Gasteiger partial charge in [0.1, 0.15) is 0 Å². The lowest BCUT2D eigenvalue weighted by Gasteiger charge is -2.14. The second-order valence-electron chi connectivity index (χ2n) is 5.97. The molecule has 1 atom stereocenters. The van der Waals surface area contributed by atoms with Crippen LogP contribution in [-0.2, 0) is 27.3 Å². The highest BCUT2D eigenvalue weighted by Crippen LogP contribution is 2.27. The van der Waals surface area contributed by atoms with Crippen molar-refractivity contribution in [3.63, 3.8) is 0 Å². The first-order chi connectivity index (χ1) is 13.0. The van der Waals surface area contributed by atoms with Crippen LogP contribution in [0.3, 0.4) is 0 Å². The average Bonchev–Trinajstić information content (AvgIpc) is 3.19. The van der Waals surface area contributed by atoms with Crippen LogP contribution in [-0.4, -0.2) is 32.2 Å². The van der Waals surface area contributed by atoms with E-state index in [1.165, 1.54) is 4.88 Å². The minimum absolute atomic E-state index is 0.297. The zero-order valence-electron chi connectivity index (χ0n) is 15.8. The van der Waals surface area contributed by atoms with E-state index in [1.54, 1.807) is 44.6 Å². The molecule has 0 bridgehead atoms. The number of carbonyl (C=O) groups excluding carboxylic acids is 2. The first-order valence-corrected chi connectivity index (χ1v) is 9.62.